The molecule has 1 N–H and O–H groups in total. The van der Waals surface area contributed by atoms with Crippen molar-refractivity contribution in [2.45, 2.75) is 29.3 Å². The van der Waals surface area contributed by atoms with Gasteiger partial charge in [0.25, 0.3) is 0 Å². The fourth-order valence-electron chi connectivity index (χ4n) is 3.64. The largest absolute Gasteiger partial charge is 0.374 e. The number of alkyl halides is 1. The lowest BCUT2D eigenvalue weighted by Crippen LogP contribution is -2.42. The minimum atomic E-state index is -0.871. The number of rotatable bonds is 6. The van der Waals surface area contributed by atoms with Crippen LogP contribution in [-0.4, -0.2) is 29.6 Å². The maximum atomic E-state index is 10.9. The Balaban J connectivity index is 1.54. The zero-order valence-corrected chi connectivity index (χ0v) is 17.3. The highest BCUT2D eigenvalue weighted by Crippen LogP contribution is 2.32. The summed E-state index contributed by atoms with van der Waals surface area (Å²) in [4.78, 5) is 2.42. The molecule has 1 heterocycles. The van der Waals surface area contributed by atoms with E-state index >= 15 is 0 Å². The Morgan fingerprint density at radius 3 is 2.56 bits per heavy atom. The van der Waals surface area contributed by atoms with Crippen LogP contribution in [0, 0.1) is 5.92 Å². The standard InChI is InChI=1S/C21H25ClINO/c22-20-12-10-19(11-13-20)21(23,25)16-24-14-4-7-18(15-24)9-8-17-5-2-1-3-6-17/h1-3,5-6,10-13,18,25H,4,7-9,14-16H2. The summed E-state index contributed by atoms with van der Waals surface area (Å²) in [6.07, 6.45) is 4.88. The lowest BCUT2D eigenvalue weighted by molar-refractivity contribution is 0.0704. The van der Waals surface area contributed by atoms with E-state index in [4.69, 9.17) is 11.6 Å². The molecule has 4 heteroatoms. The molecule has 134 valence electrons. The van der Waals surface area contributed by atoms with Gasteiger partial charge in [0.2, 0.25) is 0 Å². The second kappa shape index (κ2) is 8.85. The third kappa shape index (κ3) is 5.68. The van der Waals surface area contributed by atoms with E-state index < -0.39 is 3.61 Å². The fourth-order valence-corrected chi connectivity index (χ4v) is 4.61. The van der Waals surface area contributed by atoms with Gasteiger partial charge in [-0.25, -0.2) is 0 Å². The van der Waals surface area contributed by atoms with Crippen molar-refractivity contribution in [3.63, 3.8) is 0 Å². The van der Waals surface area contributed by atoms with E-state index in [2.05, 4.69) is 57.8 Å². The Kier molecular flexibility index (Phi) is 6.78. The van der Waals surface area contributed by atoms with Crippen LogP contribution in [0.4, 0.5) is 0 Å². The number of nitrogens with zero attached hydrogens (tertiary/aromatic N) is 1. The Bertz CT molecular complexity index is 659. The van der Waals surface area contributed by atoms with Crippen LogP contribution in [0.3, 0.4) is 0 Å². The van der Waals surface area contributed by atoms with Gasteiger partial charge in [-0.05, 0) is 84.0 Å². The molecular weight excluding hydrogens is 445 g/mol. The first-order valence-electron chi connectivity index (χ1n) is 8.96. The molecule has 0 bridgehead atoms. The molecule has 25 heavy (non-hydrogen) atoms. The van der Waals surface area contributed by atoms with Crippen molar-refractivity contribution in [3.05, 3.63) is 70.7 Å². The highest BCUT2D eigenvalue weighted by atomic mass is 127. The van der Waals surface area contributed by atoms with Crippen molar-refractivity contribution in [1.82, 2.24) is 4.90 Å². The van der Waals surface area contributed by atoms with Gasteiger partial charge in [-0.15, -0.1) is 0 Å². The van der Waals surface area contributed by atoms with Gasteiger partial charge >= 0.3 is 0 Å². The maximum absolute atomic E-state index is 10.9. The van der Waals surface area contributed by atoms with E-state index in [0.717, 1.165) is 25.1 Å². The Hall–Kier alpha value is -0.620. The molecule has 2 aromatic carbocycles. The summed E-state index contributed by atoms with van der Waals surface area (Å²) < 4.78 is -0.871. The van der Waals surface area contributed by atoms with E-state index in [9.17, 15) is 5.11 Å². The summed E-state index contributed by atoms with van der Waals surface area (Å²) in [6, 6.07) is 18.3. The first-order chi connectivity index (χ1) is 12.0. The van der Waals surface area contributed by atoms with E-state index in [0.29, 0.717) is 17.5 Å². The van der Waals surface area contributed by atoms with E-state index in [1.807, 2.05) is 24.3 Å². The van der Waals surface area contributed by atoms with Crippen LogP contribution in [0.2, 0.25) is 5.02 Å². The topological polar surface area (TPSA) is 23.5 Å². The summed E-state index contributed by atoms with van der Waals surface area (Å²) in [5, 5.41) is 11.6. The summed E-state index contributed by atoms with van der Waals surface area (Å²) in [5.74, 6) is 0.714. The number of hydrogen-bond donors (Lipinski definition) is 1. The summed E-state index contributed by atoms with van der Waals surface area (Å²) in [7, 11) is 0. The molecule has 0 aromatic heterocycles. The Labute approximate surface area is 169 Å². The lowest BCUT2D eigenvalue weighted by Gasteiger charge is -2.36. The Morgan fingerprint density at radius 2 is 1.84 bits per heavy atom. The minimum absolute atomic E-state index is 0.664. The number of hydrogen-bond acceptors (Lipinski definition) is 2. The number of benzene rings is 2. The second-order valence-electron chi connectivity index (χ2n) is 7.03. The van der Waals surface area contributed by atoms with E-state index in [-0.39, 0.29) is 0 Å². The van der Waals surface area contributed by atoms with Gasteiger partial charge in [0.05, 0.1) is 0 Å². The predicted octanol–water partition coefficient (Wildman–Crippen LogP) is 5.26. The first-order valence-corrected chi connectivity index (χ1v) is 10.4. The smallest absolute Gasteiger partial charge is 0.153 e. The van der Waals surface area contributed by atoms with Gasteiger partial charge in [0.1, 0.15) is 0 Å². The van der Waals surface area contributed by atoms with Crippen molar-refractivity contribution < 1.29 is 5.11 Å². The van der Waals surface area contributed by atoms with Crippen molar-refractivity contribution >= 4 is 34.2 Å². The molecule has 0 aliphatic carbocycles. The molecule has 0 saturated carbocycles. The number of β-amino-alcohol motifs (C(OH)–C–C–N with tert-alkyl or cyclic N) is 1. The predicted molar refractivity (Wildman–Crippen MR) is 113 cm³/mol. The minimum Gasteiger partial charge on any atom is -0.374 e. The number of halogens is 2. The van der Waals surface area contributed by atoms with Crippen LogP contribution in [0.25, 0.3) is 0 Å². The van der Waals surface area contributed by atoms with Gasteiger partial charge in [0, 0.05) is 18.1 Å². The van der Waals surface area contributed by atoms with Crippen molar-refractivity contribution in [2.75, 3.05) is 19.6 Å². The van der Waals surface area contributed by atoms with Crippen LogP contribution in [-0.2, 0) is 10.0 Å². The zero-order valence-electron chi connectivity index (χ0n) is 14.4. The van der Waals surface area contributed by atoms with Gasteiger partial charge in [-0.1, -0.05) is 54.1 Å². The third-order valence-electron chi connectivity index (χ3n) is 5.01. The van der Waals surface area contributed by atoms with Crippen molar-refractivity contribution in [1.29, 1.82) is 0 Å². The average Bonchev–Trinajstić information content (AvgIpc) is 2.61. The number of piperidine rings is 1. The normalized spacial score (nSPS) is 21.0. The second-order valence-corrected chi connectivity index (χ2v) is 9.25. The van der Waals surface area contributed by atoms with E-state index in [1.54, 1.807) is 0 Å². The van der Waals surface area contributed by atoms with Crippen LogP contribution < -0.4 is 0 Å². The summed E-state index contributed by atoms with van der Waals surface area (Å²) in [5.41, 5.74) is 2.34. The average molecular weight is 470 g/mol. The number of likely N-dealkylation sites (tertiary alicyclic amines) is 1. The molecule has 0 spiro atoms. The Morgan fingerprint density at radius 1 is 1.12 bits per heavy atom. The van der Waals surface area contributed by atoms with Crippen molar-refractivity contribution in [3.8, 4) is 0 Å². The number of aliphatic hydroxyl groups is 1. The molecule has 0 amide bonds. The van der Waals surface area contributed by atoms with Gasteiger partial charge in [-0.3, -0.25) is 4.90 Å². The monoisotopic (exact) mass is 469 g/mol. The molecule has 1 saturated heterocycles. The van der Waals surface area contributed by atoms with E-state index in [1.165, 1.54) is 24.8 Å². The van der Waals surface area contributed by atoms with Gasteiger partial charge in [-0.2, -0.15) is 0 Å². The molecule has 1 aliphatic rings. The molecule has 2 nitrogen and oxygen atoms in total. The molecule has 2 aromatic rings. The van der Waals surface area contributed by atoms with Crippen LogP contribution in [0.15, 0.2) is 54.6 Å². The van der Waals surface area contributed by atoms with Crippen LogP contribution >= 0.6 is 34.2 Å². The molecule has 0 radical (unpaired) electrons. The molecule has 2 unspecified atom stereocenters. The third-order valence-corrected chi connectivity index (χ3v) is 6.22. The maximum Gasteiger partial charge on any atom is 0.153 e. The SMILES string of the molecule is OC(I)(CN1CCCC(CCc2ccccc2)C1)c1ccc(Cl)cc1. The number of aryl methyl sites for hydroxylation is 1. The van der Waals surface area contributed by atoms with Gasteiger partial charge in [0.15, 0.2) is 3.61 Å². The fraction of sp³-hybridized carbons (Fsp3) is 0.429. The highest BCUT2D eigenvalue weighted by Gasteiger charge is 2.30. The van der Waals surface area contributed by atoms with Crippen LogP contribution in [0.1, 0.15) is 30.4 Å². The van der Waals surface area contributed by atoms with Crippen LogP contribution in [0.5, 0.6) is 0 Å². The zero-order chi connectivity index (χ0) is 17.7. The first kappa shape index (κ1) is 19.2. The van der Waals surface area contributed by atoms with Crippen molar-refractivity contribution in [2.24, 2.45) is 5.92 Å². The van der Waals surface area contributed by atoms with Gasteiger partial charge < -0.3 is 5.11 Å². The lowest BCUT2D eigenvalue weighted by atomic mass is 9.91. The summed E-state index contributed by atoms with van der Waals surface area (Å²) >= 11 is 8.13. The molecule has 2 atom stereocenters. The quantitative estimate of drug-likeness (QED) is 0.460. The highest BCUT2D eigenvalue weighted by molar-refractivity contribution is 14.1. The summed E-state index contributed by atoms with van der Waals surface area (Å²) in [6.45, 7) is 2.81. The molecule has 3 rings (SSSR count). The molecular formula is C21H25ClINO. The molecule has 1 aliphatic heterocycles. The molecule has 1 fully saturated rings.